The van der Waals surface area contributed by atoms with Crippen molar-refractivity contribution in [1.29, 1.82) is 0 Å². The Morgan fingerprint density at radius 2 is 2.41 bits per heavy atom. The Morgan fingerprint density at radius 3 is 3.06 bits per heavy atom. The van der Waals surface area contributed by atoms with Gasteiger partial charge in [0.05, 0.1) is 6.20 Å². The molecule has 0 aromatic carbocycles. The first-order valence-electron chi connectivity index (χ1n) is 6.57. The van der Waals surface area contributed by atoms with Gasteiger partial charge in [-0.3, -0.25) is 9.58 Å². The Morgan fingerprint density at radius 1 is 1.59 bits per heavy atom. The van der Waals surface area contributed by atoms with Gasteiger partial charge in [0.15, 0.2) is 0 Å². The quantitative estimate of drug-likeness (QED) is 0.837. The van der Waals surface area contributed by atoms with Crippen molar-refractivity contribution in [3.63, 3.8) is 0 Å². The molecule has 1 fully saturated rings. The highest BCUT2D eigenvalue weighted by Crippen LogP contribution is 2.11. The molecule has 4 heteroatoms. The van der Waals surface area contributed by atoms with Gasteiger partial charge in [0, 0.05) is 37.4 Å². The lowest BCUT2D eigenvalue weighted by molar-refractivity contribution is 0.249. The third-order valence-electron chi connectivity index (χ3n) is 3.33. The Hall–Kier alpha value is -0.870. The molecule has 1 unspecified atom stereocenters. The maximum Gasteiger partial charge on any atom is 0.0534 e. The van der Waals surface area contributed by atoms with Crippen LogP contribution < -0.4 is 5.32 Å². The Bertz CT molecular complexity index is 339. The van der Waals surface area contributed by atoms with Crippen LogP contribution in [-0.2, 0) is 13.1 Å². The van der Waals surface area contributed by atoms with E-state index in [1.807, 2.05) is 6.20 Å². The van der Waals surface area contributed by atoms with Crippen molar-refractivity contribution in [3.8, 4) is 0 Å². The molecule has 17 heavy (non-hydrogen) atoms. The second-order valence-corrected chi connectivity index (χ2v) is 5.53. The molecule has 0 bridgehead atoms. The summed E-state index contributed by atoms with van der Waals surface area (Å²) in [6, 6.07) is 0.684. The van der Waals surface area contributed by atoms with Crippen LogP contribution in [0.2, 0.25) is 0 Å². The van der Waals surface area contributed by atoms with Gasteiger partial charge in [0.1, 0.15) is 0 Å². The number of nitrogens with one attached hydrogen (secondary N) is 1. The number of aromatic nitrogens is 2. The van der Waals surface area contributed by atoms with Crippen LogP contribution in [0.25, 0.3) is 0 Å². The fourth-order valence-corrected chi connectivity index (χ4v) is 2.39. The lowest BCUT2D eigenvalue weighted by Gasteiger charge is -2.22. The topological polar surface area (TPSA) is 33.1 Å². The molecule has 96 valence electrons. The minimum Gasteiger partial charge on any atom is -0.315 e. The fraction of sp³-hybridized carbons (Fsp3) is 0.769. The minimum absolute atomic E-state index is 0.652. The van der Waals surface area contributed by atoms with E-state index in [4.69, 9.17) is 0 Å². The monoisotopic (exact) mass is 236 g/mol. The second kappa shape index (κ2) is 5.65. The summed E-state index contributed by atoms with van der Waals surface area (Å²) >= 11 is 0. The van der Waals surface area contributed by atoms with Crippen molar-refractivity contribution >= 4 is 0 Å². The SMILES string of the molecule is CC(C)Cn1cc(CN(C)C2CCNC2)cn1. The second-order valence-electron chi connectivity index (χ2n) is 5.53. The van der Waals surface area contributed by atoms with Gasteiger partial charge < -0.3 is 5.32 Å². The number of rotatable bonds is 5. The maximum atomic E-state index is 4.41. The molecule has 1 N–H and O–H groups in total. The van der Waals surface area contributed by atoms with Crippen LogP contribution in [0, 0.1) is 5.92 Å². The van der Waals surface area contributed by atoms with Gasteiger partial charge in [0.2, 0.25) is 0 Å². The summed E-state index contributed by atoms with van der Waals surface area (Å²) in [6.07, 6.45) is 5.44. The summed E-state index contributed by atoms with van der Waals surface area (Å²) in [5.74, 6) is 0.652. The fourth-order valence-electron chi connectivity index (χ4n) is 2.39. The smallest absolute Gasteiger partial charge is 0.0534 e. The summed E-state index contributed by atoms with van der Waals surface area (Å²) in [7, 11) is 2.21. The van der Waals surface area contributed by atoms with Crippen LogP contribution in [0.15, 0.2) is 12.4 Å². The maximum absolute atomic E-state index is 4.41. The van der Waals surface area contributed by atoms with E-state index in [1.165, 1.54) is 12.0 Å². The Balaban J connectivity index is 1.87. The molecular weight excluding hydrogens is 212 g/mol. The molecular formula is C13H24N4. The van der Waals surface area contributed by atoms with Crippen molar-refractivity contribution in [2.24, 2.45) is 5.92 Å². The highest BCUT2D eigenvalue weighted by atomic mass is 15.3. The molecule has 2 rings (SSSR count). The molecule has 0 amide bonds. The van der Waals surface area contributed by atoms with Crippen molar-refractivity contribution in [2.75, 3.05) is 20.1 Å². The van der Waals surface area contributed by atoms with E-state index < -0.39 is 0 Å². The average molecular weight is 236 g/mol. The van der Waals surface area contributed by atoms with Crippen molar-refractivity contribution in [1.82, 2.24) is 20.0 Å². The van der Waals surface area contributed by atoms with Crippen LogP contribution in [0.3, 0.4) is 0 Å². The summed E-state index contributed by atoms with van der Waals surface area (Å²) in [4.78, 5) is 2.43. The van der Waals surface area contributed by atoms with E-state index in [0.29, 0.717) is 12.0 Å². The zero-order chi connectivity index (χ0) is 12.3. The summed E-state index contributed by atoms with van der Waals surface area (Å²) in [5, 5.41) is 7.82. The third kappa shape index (κ3) is 3.54. The molecule has 2 heterocycles. The van der Waals surface area contributed by atoms with E-state index in [-0.39, 0.29) is 0 Å². The van der Waals surface area contributed by atoms with Crippen LogP contribution in [0.4, 0.5) is 0 Å². The first-order valence-corrected chi connectivity index (χ1v) is 6.57. The molecule has 4 nitrogen and oxygen atoms in total. The lowest BCUT2D eigenvalue weighted by atomic mass is 10.2. The van der Waals surface area contributed by atoms with E-state index >= 15 is 0 Å². The van der Waals surface area contributed by atoms with E-state index in [9.17, 15) is 0 Å². The Kier molecular flexibility index (Phi) is 4.18. The Labute approximate surface area is 104 Å². The third-order valence-corrected chi connectivity index (χ3v) is 3.33. The van der Waals surface area contributed by atoms with Crippen molar-refractivity contribution in [2.45, 2.75) is 39.4 Å². The first kappa shape index (κ1) is 12.6. The standard InChI is InChI=1S/C13H24N4/c1-11(2)8-17-10-12(6-15-17)9-16(3)13-4-5-14-7-13/h6,10-11,13-14H,4-5,7-9H2,1-3H3. The van der Waals surface area contributed by atoms with Gasteiger partial charge in [-0.05, 0) is 25.9 Å². The van der Waals surface area contributed by atoms with Crippen LogP contribution >= 0.6 is 0 Å². The number of nitrogens with zero attached hydrogens (tertiary/aromatic N) is 3. The van der Waals surface area contributed by atoms with E-state index in [1.54, 1.807) is 0 Å². The van der Waals surface area contributed by atoms with Gasteiger partial charge in [0.25, 0.3) is 0 Å². The predicted octanol–water partition coefficient (Wildman–Crippen LogP) is 1.33. The normalized spacial score (nSPS) is 20.6. The first-order chi connectivity index (χ1) is 8.15. The molecule has 1 aliphatic rings. The van der Waals surface area contributed by atoms with Gasteiger partial charge in [-0.2, -0.15) is 5.10 Å². The van der Waals surface area contributed by atoms with Crippen LogP contribution in [0.1, 0.15) is 25.8 Å². The van der Waals surface area contributed by atoms with Gasteiger partial charge >= 0.3 is 0 Å². The van der Waals surface area contributed by atoms with E-state index in [0.717, 1.165) is 26.2 Å². The molecule has 1 aromatic heterocycles. The highest BCUT2D eigenvalue weighted by Gasteiger charge is 2.19. The number of likely N-dealkylation sites (N-methyl/N-ethyl adjacent to an activating group) is 1. The molecule has 1 aromatic rings. The zero-order valence-corrected chi connectivity index (χ0v) is 11.2. The average Bonchev–Trinajstić information content (AvgIpc) is 2.87. The number of hydrogen-bond donors (Lipinski definition) is 1. The molecule has 1 saturated heterocycles. The van der Waals surface area contributed by atoms with Gasteiger partial charge in [-0.15, -0.1) is 0 Å². The van der Waals surface area contributed by atoms with Crippen LogP contribution in [-0.4, -0.2) is 40.9 Å². The van der Waals surface area contributed by atoms with E-state index in [2.05, 4.69) is 47.1 Å². The van der Waals surface area contributed by atoms with Gasteiger partial charge in [-0.25, -0.2) is 0 Å². The summed E-state index contributed by atoms with van der Waals surface area (Å²) in [5.41, 5.74) is 1.32. The molecule has 1 aliphatic heterocycles. The molecule has 0 spiro atoms. The number of hydrogen-bond acceptors (Lipinski definition) is 3. The molecule has 0 saturated carbocycles. The predicted molar refractivity (Wildman–Crippen MR) is 69.8 cm³/mol. The highest BCUT2D eigenvalue weighted by molar-refractivity contribution is 5.04. The van der Waals surface area contributed by atoms with Crippen molar-refractivity contribution in [3.05, 3.63) is 18.0 Å². The summed E-state index contributed by atoms with van der Waals surface area (Å²) in [6.45, 7) is 8.73. The van der Waals surface area contributed by atoms with Crippen LogP contribution in [0.5, 0.6) is 0 Å². The van der Waals surface area contributed by atoms with Gasteiger partial charge in [-0.1, -0.05) is 13.8 Å². The molecule has 0 radical (unpaired) electrons. The largest absolute Gasteiger partial charge is 0.315 e. The summed E-state index contributed by atoms with van der Waals surface area (Å²) < 4.78 is 2.06. The van der Waals surface area contributed by atoms with Crippen molar-refractivity contribution < 1.29 is 0 Å². The molecule has 0 aliphatic carbocycles. The lowest BCUT2D eigenvalue weighted by Crippen LogP contribution is -2.32. The minimum atomic E-state index is 0.652. The molecule has 1 atom stereocenters. The zero-order valence-electron chi connectivity index (χ0n) is 11.2.